The van der Waals surface area contributed by atoms with Crippen molar-refractivity contribution in [3.8, 4) is 0 Å². The van der Waals surface area contributed by atoms with Crippen molar-refractivity contribution in [2.24, 2.45) is 23.2 Å². The molecular weight excluding hydrogens is 426 g/mol. The van der Waals surface area contributed by atoms with Gasteiger partial charge < -0.3 is 15.1 Å². The second-order valence-electron chi connectivity index (χ2n) is 11.1. The normalized spacial score (nSPS) is 27.5. The molecule has 34 heavy (non-hydrogen) atoms. The van der Waals surface area contributed by atoms with E-state index in [2.05, 4.69) is 29.0 Å². The lowest BCUT2D eigenvalue weighted by Gasteiger charge is -2.56. The third-order valence-corrected chi connectivity index (χ3v) is 8.73. The van der Waals surface area contributed by atoms with E-state index in [-0.39, 0.29) is 11.8 Å². The quantitative estimate of drug-likeness (QED) is 0.613. The Morgan fingerprint density at radius 1 is 1.06 bits per heavy atom. The monoisotopic (exact) mass is 465 g/mol. The van der Waals surface area contributed by atoms with Gasteiger partial charge in [0.25, 0.3) is 11.8 Å². The summed E-state index contributed by atoms with van der Waals surface area (Å²) < 4.78 is 1.76. The van der Waals surface area contributed by atoms with Crippen LogP contribution in [0, 0.1) is 23.2 Å². The highest BCUT2D eigenvalue weighted by Crippen LogP contribution is 2.59. The van der Waals surface area contributed by atoms with Crippen LogP contribution in [0.25, 0.3) is 5.65 Å². The fourth-order valence-corrected chi connectivity index (χ4v) is 7.29. The molecule has 0 spiro atoms. The number of nitrogens with one attached hydrogen (secondary N) is 1. The number of rotatable bonds is 9. The van der Waals surface area contributed by atoms with E-state index in [1.807, 2.05) is 25.2 Å². The van der Waals surface area contributed by atoms with E-state index in [0.717, 1.165) is 43.9 Å². The average molecular weight is 466 g/mol. The van der Waals surface area contributed by atoms with Crippen LogP contribution in [0.1, 0.15) is 73.3 Å². The number of nitrogens with zero attached hydrogens (tertiary/aromatic N) is 4. The molecule has 0 aromatic carbocycles. The summed E-state index contributed by atoms with van der Waals surface area (Å²) in [4.78, 5) is 34.8. The molecule has 7 heteroatoms. The van der Waals surface area contributed by atoms with Crippen LogP contribution in [-0.2, 0) is 0 Å². The second-order valence-corrected chi connectivity index (χ2v) is 11.1. The van der Waals surface area contributed by atoms with Gasteiger partial charge in [-0.15, -0.1) is 0 Å². The molecule has 4 aliphatic carbocycles. The topological polar surface area (TPSA) is 70.0 Å². The largest absolute Gasteiger partial charge is 0.350 e. The average Bonchev–Trinajstić information content (AvgIpc) is 3.26. The number of carbonyl (C=O) groups excluding carboxylic acids is 2. The van der Waals surface area contributed by atoms with Crippen LogP contribution in [0.4, 0.5) is 0 Å². The first kappa shape index (κ1) is 23.3. The second kappa shape index (κ2) is 9.33. The summed E-state index contributed by atoms with van der Waals surface area (Å²) in [6, 6.07) is 5.52. The smallest absolute Gasteiger partial charge is 0.273 e. The summed E-state index contributed by atoms with van der Waals surface area (Å²) in [5.41, 5.74) is 1.84. The number of hydrogen-bond acceptors (Lipinski definition) is 4. The van der Waals surface area contributed by atoms with Gasteiger partial charge in [0.05, 0.1) is 0 Å². The molecule has 0 atom stereocenters. The maximum Gasteiger partial charge on any atom is 0.273 e. The standard InChI is InChI=1S/C27H39N5O2/c1-4-31(5-2)10-9-30(3)26(34)22-17-32-23(7-6-8-24(32)29-22)25(33)28-18-27-14-19-11-20(15-27)13-21(12-19)16-27/h6-8,17,19-21H,4-5,9-16,18H2,1-3H3,(H,28,33). The van der Waals surface area contributed by atoms with Gasteiger partial charge in [-0.1, -0.05) is 19.9 Å². The first-order chi connectivity index (χ1) is 16.4. The van der Waals surface area contributed by atoms with Crippen molar-refractivity contribution in [1.29, 1.82) is 0 Å². The Labute approximate surface area is 202 Å². The molecular formula is C27H39N5O2. The zero-order valence-corrected chi connectivity index (χ0v) is 20.9. The lowest BCUT2D eigenvalue weighted by Crippen LogP contribution is -2.51. The number of fused-ring (bicyclic) bond motifs is 1. The Morgan fingerprint density at radius 2 is 1.71 bits per heavy atom. The molecule has 4 aliphatic rings. The number of likely N-dealkylation sites (N-methyl/N-ethyl adjacent to an activating group) is 2. The summed E-state index contributed by atoms with van der Waals surface area (Å²) in [6.45, 7) is 8.43. The molecule has 0 saturated heterocycles. The van der Waals surface area contributed by atoms with Gasteiger partial charge >= 0.3 is 0 Å². The van der Waals surface area contributed by atoms with Crippen LogP contribution < -0.4 is 5.32 Å². The van der Waals surface area contributed by atoms with E-state index >= 15 is 0 Å². The van der Waals surface area contributed by atoms with Gasteiger partial charge in [-0.25, -0.2) is 4.98 Å². The molecule has 2 heterocycles. The Bertz CT molecular complexity index is 1020. The summed E-state index contributed by atoms with van der Waals surface area (Å²) in [7, 11) is 1.81. The first-order valence-corrected chi connectivity index (χ1v) is 13.1. The fourth-order valence-electron chi connectivity index (χ4n) is 7.29. The molecule has 2 amide bonds. The fraction of sp³-hybridized carbons (Fsp3) is 0.667. The number of pyridine rings is 1. The maximum absolute atomic E-state index is 13.2. The molecule has 7 nitrogen and oxygen atoms in total. The summed E-state index contributed by atoms with van der Waals surface area (Å²) >= 11 is 0. The number of carbonyl (C=O) groups is 2. The molecule has 2 aromatic heterocycles. The summed E-state index contributed by atoms with van der Waals surface area (Å²) in [5, 5.41) is 3.27. The molecule has 6 rings (SSSR count). The molecule has 4 bridgehead atoms. The molecule has 2 aromatic rings. The van der Waals surface area contributed by atoms with Gasteiger partial charge in [0.15, 0.2) is 0 Å². The maximum atomic E-state index is 13.2. The molecule has 184 valence electrons. The van der Waals surface area contributed by atoms with Crippen LogP contribution in [0.3, 0.4) is 0 Å². The third kappa shape index (κ3) is 4.47. The van der Waals surface area contributed by atoms with Gasteiger partial charge in [0.2, 0.25) is 0 Å². The Hall–Kier alpha value is -2.41. The van der Waals surface area contributed by atoms with E-state index < -0.39 is 0 Å². The minimum atomic E-state index is -0.115. The van der Waals surface area contributed by atoms with Crippen molar-refractivity contribution in [3.63, 3.8) is 0 Å². The van der Waals surface area contributed by atoms with Crippen LogP contribution in [0.2, 0.25) is 0 Å². The van der Waals surface area contributed by atoms with Crippen molar-refractivity contribution in [3.05, 3.63) is 35.8 Å². The summed E-state index contributed by atoms with van der Waals surface area (Å²) in [5.74, 6) is 2.41. The zero-order valence-electron chi connectivity index (χ0n) is 20.9. The van der Waals surface area contributed by atoms with Gasteiger partial charge in [-0.3, -0.25) is 14.0 Å². The highest BCUT2D eigenvalue weighted by Gasteiger charge is 2.50. The van der Waals surface area contributed by atoms with E-state index in [4.69, 9.17) is 0 Å². The van der Waals surface area contributed by atoms with Crippen molar-refractivity contribution in [2.75, 3.05) is 39.8 Å². The predicted molar refractivity (Wildman–Crippen MR) is 133 cm³/mol. The van der Waals surface area contributed by atoms with E-state index in [9.17, 15) is 9.59 Å². The van der Waals surface area contributed by atoms with Crippen molar-refractivity contribution >= 4 is 17.5 Å². The molecule has 0 aliphatic heterocycles. The van der Waals surface area contributed by atoms with Crippen molar-refractivity contribution in [1.82, 2.24) is 24.5 Å². The lowest BCUT2D eigenvalue weighted by molar-refractivity contribution is -0.0503. The number of imidazole rings is 1. The van der Waals surface area contributed by atoms with Crippen LogP contribution in [0.15, 0.2) is 24.4 Å². The van der Waals surface area contributed by atoms with Crippen LogP contribution >= 0.6 is 0 Å². The van der Waals surface area contributed by atoms with Gasteiger partial charge in [0, 0.05) is 32.9 Å². The molecule has 4 fully saturated rings. The molecule has 4 saturated carbocycles. The van der Waals surface area contributed by atoms with Crippen LogP contribution in [0.5, 0.6) is 0 Å². The van der Waals surface area contributed by atoms with E-state index in [0.29, 0.717) is 29.0 Å². The highest BCUT2D eigenvalue weighted by molar-refractivity contribution is 5.95. The Kier molecular flexibility index (Phi) is 6.40. The van der Waals surface area contributed by atoms with Gasteiger partial charge in [-0.2, -0.15) is 0 Å². The van der Waals surface area contributed by atoms with Gasteiger partial charge in [0.1, 0.15) is 17.0 Å². The minimum absolute atomic E-state index is 0.0763. The first-order valence-electron chi connectivity index (χ1n) is 13.1. The van der Waals surface area contributed by atoms with Crippen molar-refractivity contribution < 1.29 is 9.59 Å². The minimum Gasteiger partial charge on any atom is -0.350 e. The summed E-state index contributed by atoms with van der Waals surface area (Å²) in [6.07, 6.45) is 9.74. The predicted octanol–water partition coefficient (Wildman–Crippen LogP) is 3.69. The molecule has 0 unspecified atom stereocenters. The Morgan fingerprint density at radius 3 is 2.32 bits per heavy atom. The Balaban J connectivity index is 1.27. The highest BCUT2D eigenvalue weighted by atomic mass is 16.2. The molecule has 0 radical (unpaired) electrons. The third-order valence-electron chi connectivity index (χ3n) is 8.73. The number of hydrogen-bond donors (Lipinski definition) is 1. The SMILES string of the molecule is CCN(CC)CCN(C)C(=O)c1cn2c(C(=O)NCC34CC5CC(CC(C5)C3)C4)cccc2n1. The zero-order chi connectivity index (χ0) is 23.9. The number of aromatic nitrogens is 2. The van der Waals surface area contributed by atoms with Gasteiger partial charge in [-0.05, 0) is 86.9 Å². The van der Waals surface area contributed by atoms with Crippen molar-refractivity contribution in [2.45, 2.75) is 52.4 Å². The number of amides is 2. The van der Waals surface area contributed by atoms with E-state index in [1.165, 1.54) is 38.5 Å². The van der Waals surface area contributed by atoms with Crippen LogP contribution in [-0.4, -0.2) is 70.8 Å². The molecule has 1 N–H and O–H groups in total. The lowest BCUT2D eigenvalue weighted by atomic mass is 9.49. The van der Waals surface area contributed by atoms with E-state index in [1.54, 1.807) is 15.5 Å².